The summed E-state index contributed by atoms with van der Waals surface area (Å²) in [7, 11) is 0. The van der Waals surface area contributed by atoms with Crippen LogP contribution in [0.5, 0.6) is 0 Å². The molecule has 0 N–H and O–H groups in total. The summed E-state index contributed by atoms with van der Waals surface area (Å²) in [6.07, 6.45) is 7.10. The average molecular weight is 443 g/mol. The lowest BCUT2D eigenvalue weighted by molar-refractivity contribution is -0.140. The van der Waals surface area contributed by atoms with Gasteiger partial charge in [-0.1, -0.05) is 64.5 Å². The molecule has 0 bridgehead atoms. The van der Waals surface area contributed by atoms with E-state index in [1.807, 2.05) is 6.92 Å². The van der Waals surface area contributed by atoms with Crippen molar-refractivity contribution < 1.29 is 22.3 Å². The van der Waals surface area contributed by atoms with Gasteiger partial charge in [0.1, 0.15) is 5.82 Å². The molecule has 2 aliphatic rings. The maximum Gasteiger partial charge on any atom is 0.419 e. The van der Waals surface area contributed by atoms with E-state index < -0.39 is 17.6 Å². The van der Waals surface area contributed by atoms with Gasteiger partial charge in [-0.25, -0.2) is 4.39 Å². The number of benzene rings is 1. The predicted octanol–water partition coefficient (Wildman–Crippen LogP) is 8.45. The molecule has 31 heavy (non-hydrogen) atoms. The molecule has 1 aromatic rings. The molecule has 1 saturated carbocycles. The highest BCUT2D eigenvalue weighted by atomic mass is 19.4. The van der Waals surface area contributed by atoms with Gasteiger partial charge in [-0.2, -0.15) is 13.2 Å². The standard InChI is InChI=1S/C26H38F4O/c1-3-5-6-8-20-13-15-22(25(27)24(20)26(28,29)30)21-14-16-23(31-17-21)19-11-9-18(7-4-2)10-12-19/h13,15,18-19,21,23H,3-12,14,16-17H2,1-2H3. The molecule has 1 saturated heterocycles. The Morgan fingerprint density at radius 2 is 1.68 bits per heavy atom. The Balaban J connectivity index is 1.65. The van der Waals surface area contributed by atoms with Crippen LogP contribution in [0.4, 0.5) is 17.6 Å². The van der Waals surface area contributed by atoms with Crippen LogP contribution in [0, 0.1) is 17.7 Å². The van der Waals surface area contributed by atoms with Crippen LogP contribution in [0.15, 0.2) is 12.1 Å². The van der Waals surface area contributed by atoms with E-state index in [-0.39, 0.29) is 29.6 Å². The summed E-state index contributed by atoms with van der Waals surface area (Å²) < 4.78 is 62.3. The molecular weight excluding hydrogens is 404 g/mol. The van der Waals surface area contributed by atoms with Crippen molar-refractivity contribution in [1.29, 1.82) is 0 Å². The first-order valence-electron chi connectivity index (χ1n) is 12.3. The largest absolute Gasteiger partial charge is 0.419 e. The maximum absolute atomic E-state index is 15.1. The molecule has 2 unspecified atom stereocenters. The van der Waals surface area contributed by atoms with Gasteiger partial charge in [0.15, 0.2) is 0 Å². The normalized spacial score (nSPS) is 27.4. The fraction of sp³-hybridized carbons (Fsp3) is 0.769. The molecule has 1 aromatic carbocycles. The molecule has 1 nitrogen and oxygen atoms in total. The number of rotatable bonds is 8. The van der Waals surface area contributed by atoms with Crippen LogP contribution in [-0.4, -0.2) is 12.7 Å². The van der Waals surface area contributed by atoms with Gasteiger partial charge in [-0.05, 0) is 61.5 Å². The first-order chi connectivity index (χ1) is 14.8. The van der Waals surface area contributed by atoms with Gasteiger partial charge in [0.25, 0.3) is 0 Å². The van der Waals surface area contributed by atoms with Crippen molar-refractivity contribution in [3.8, 4) is 0 Å². The molecule has 5 heteroatoms. The van der Waals surface area contributed by atoms with E-state index in [0.29, 0.717) is 25.4 Å². The first-order valence-corrected chi connectivity index (χ1v) is 12.3. The van der Waals surface area contributed by atoms with Gasteiger partial charge in [0.2, 0.25) is 0 Å². The van der Waals surface area contributed by atoms with Gasteiger partial charge in [0, 0.05) is 5.92 Å². The second-order valence-electron chi connectivity index (χ2n) is 9.67. The Kier molecular flexibility index (Phi) is 8.83. The fourth-order valence-electron chi connectivity index (χ4n) is 5.67. The third-order valence-corrected chi connectivity index (χ3v) is 7.46. The Morgan fingerprint density at radius 1 is 0.935 bits per heavy atom. The number of ether oxygens (including phenoxy) is 1. The third-order valence-electron chi connectivity index (χ3n) is 7.46. The second kappa shape index (κ2) is 11.2. The molecule has 0 amide bonds. The molecule has 2 fully saturated rings. The topological polar surface area (TPSA) is 9.23 Å². The fourth-order valence-corrected chi connectivity index (χ4v) is 5.67. The molecule has 0 radical (unpaired) electrons. The van der Waals surface area contributed by atoms with E-state index in [9.17, 15) is 13.2 Å². The SMILES string of the molecule is CCCCCc1ccc(C2CCC(C3CCC(CCC)CC3)OC2)c(F)c1C(F)(F)F. The van der Waals surface area contributed by atoms with Crippen molar-refractivity contribution in [3.05, 3.63) is 34.6 Å². The number of hydrogen-bond acceptors (Lipinski definition) is 1. The summed E-state index contributed by atoms with van der Waals surface area (Å²) >= 11 is 0. The summed E-state index contributed by atoms with van der Waals surface area (Å²) in [4.78, 5) is 0. The van der Waals surface area contributed by atoms with Crippen LogP contribution in [0.3, 0.4) is 0 Å². The third kappa shape index (κ3) is 6.24. The van der Waals surface area contributed by atoms with Crippen molar-refractivity contribution in [2.75, 3.05) is 6.61 Å². The Bertz CT molecular complexity index is 683. The Morgan fingerprint density at radius 3 is 2.26 bits per heavy atom. The summed E-state index contributed by atoms with van der Waals surface area (Å²) in [6.45, 7) is 4.56. The lowest BCUT2D eigenvalue weighted by atomic mass is 9.75. The molecule has 1 heterocycles. The highest BCUT2D eigenvalue weighted by Crippen LogP contribution is 2.42. The average Bonchev–Trinajstić information content (AvgIpc) is 2.74. The van der Waals surface area contributed by atoms with Crippen molar-refractivity contribution >= 4 is 0 Å². The molecule has 176 valence electrons. The van der Waals surface area contributed by atoms with Gasteiger partial charge < -0.3 is 4.74 Å². The molecule has 1 aliphatic carbocycles. The maximum atomic E-state index is 15.1. The van der Waals surface area contributed by atoms with Gasteiger partial charge in [-0.15, -0.1) is 0 Å². The minimum absolute atomic E-state index is 0.0839. The van der Waals surface area contributed by atoms with Gasteiger partial charge >= 0.3 is 6.18 Å². The monoisotopic (exact) mass is 442 g/mol. The lowest BCUT2D eigenvalue weighted by Gasteiger charge is -2.38. The number of alkyl halides is 3. The van der Waals surface area contributed by atoms with Crippen molar-refractivity contribution in [2.24, 2.45) is 11.8 Å². The zero-order valence-corrected chi connectivity index (χ0v) is 19.1. The van der Waals surface area contributed by atoms with E-state index in [1.54, 1.807) is 6.07 Å². The van der Waals surface area contributed by atoms with Gasteiger partial charge in [0.05, 0.1) is 18.3 Å². The number of unbranched alkanes of at least 4 members (excludes halogenated alkanes) is 2. The van der Waals surface area contributed by atoms with Crippen LogP contribution in [-0.2, 0) is 17.3 Å². The van der Waals surface area contributed by atoms with Crippen molar-refractivity contribution in [2.45, 2.75) is 109 Å². The predicted molar refractivity (Wildman–Crippen MR) is 117 cm³/mol. The van der Waals surface area contributed by atoms with Crippen LogP contribution in [0.2, 0.25) is 0 Å². The molecule has 1 aliphatic heterocycles. The van der Waals surface area contributed by atoms with E-state index in [2.05, 4.69) is 6.92 Å². The molecule has 2 atom stereocenters. The van der Waals surface area contributed by atoms with Crippen LogP contribution in [0.1, 0.15) is 107 Å². The molecule has 3 rings (SSSR count). The minimum atomic E-state index is -4.67. The summed E-state index contributed by atoms with van der Waals surface area (Å²) in [5.41, 5.74) is -0.796. The Labute approximate surface area is 184 Å². The highest BCUT2D eigenvalue weighted by Gasteiger charge is 2.39. The van der Waals surface area contributed by atoms with E-state index in [0.717, 1.165) is 25.2 Å². The number of hydrogen-bond donors (Lipinski definition) is 0. The van der Waals surface area contributed by atoms with E-state index in [1.165, 1.54) is 44.6 Å². The zero-order chi connectivity index (χ0) is 22.4. The molecule has 0 aromatic heterocycles. The second-order valence-corrected chi connectivity index (χ2v) is 9.67. The van der Waals surface area contributed by atoms with Crippen LogP contribution < -0.4 is 0 Å². The summed E-state index contributed by atoms with van der Waals surface area (Å²) in [5.74, 6) is 0.0148. The van der Waals surface area contributed by atoms with Gasteiger partial charge in [-0.3, -0.25) is 0 Å². The molecule has 0 spiro atoms. The summed E-state index contributed by atoms with van der Waals surface area (Å²) in [5, 5.41) is 0. The molecular formula is C26H38F4O. The highest BCUT2D eigenvalue weighted by molar-refractivity contribution is 5.38. The zero-order valence-electron chi connectivity index (χ0n) is 19.1. The summed E-state index contributed by atoms with van der Waals surface area (Å²) in [6, 6.07) is 3.08. The van der Waals surface area contributed by atoms with E-state index in [4.69, 9.17) is 4.74 Å². The Hall–Kier alpha value is -1.10. The number of halogens is 4. The smallest absolute Gasteiger partial charge is 0.377 e. The van der Waals surface area contributed by atoms with Crippen LogP contribution in [0.25, 0.3) is 0 Å². The quantitative estimate of drug-likeness (QED) is 0.290. The van der Waals surface area contributed by atoms with Crippen molar-refractivity contribution in [3.63, 3.8) is 0 Å². The minimum Gasteiger partial charge on any atom is -0.377 e. The van der Waals surface area contributed by atoms with Crippen LogP contribution >= 0.6 is 0 Å². The number of aryl methyl sites for hydroxylation is 1. The van der Waals surface area contributed by atoms with Crippen molar-refractivity contribution in [1.82, 2.24) is 0 Å². The lowest BCUT2D eigenvalue weighted by Crippen LogP contribution is -2.34. The first kappa shape index (κ1) is 24.5. The van der Waals surface area contributed by atoms with E-state index >= 15 is 4.39 Å².